The van der Waals surface area contributed by atoms with Gasteiger partial charge in [-0.05, 0) is 97.9 Å². The zero-order valence-corrected chi connectivity index (χ0v) is 26.6. The van der Waals surface area contributed by atoms with E-state index in [0.29, 0.717) is 6.71 Å². The molecule has 9 rings (SSSR count). The first kappa shape index (κ1) is 25.8. The number of aryl methyl sites for hydroxylation is 1. The summed E-state index contributed by atoms with van der Waals surface area (Å²) in [5, 5.41) is 0. The highest BCUT2D eigenvalue weighted by Crippen LogP contribution is 2.67. The molecule has 3 heteroatoms. The van der Waals surface area contributed by atoms with Crippen LogP contribution >= 0.6 is 0 Å². The molecule has 3 aromatic carbocycles. The lowest BCUT2D eigenvalue weighted by molar-refractivity contribution is 0.147. The summed E-state index contributed by atoms with van der Waals surface area (Å²) in [6.07, 6.45) is 15.6. The molecule has 0 radical (unpaired) electrons. The minimum Gasteiger partial charge on any atom is -0.335 e. The molecular weight excluding hydrogens is 507 g/mol. The van der Waals surface area contributed by atoms with Crippen molar-refractivity contribution in [3.05, 3.63) is 65.2 Å². The molecule has 0 aromatic heterocycles. The van der Waals surface area contributed by atoms with E-state index in [0.717, 1.165) is 0 Å². The molecule has 2 fully saturated rings. The zero-order valence-electron chi connectivity index (χ0n) is 26.6. The van der Waals surface area contributed by atoms with E-state index in [1.807, 2.05) is 0 Å². The molecule has 2 aliphatic carbocycles. The number of anilines is 4. The maximum atomic E-state index is 2.96. The highest BCUT2D eigenvalue weighted by molar-refractivity contribution is 7.00. The van der Waals surface area contributed by atoms with Crippen molar-refractivity contribution >= 4 is 45.9 Å². The maximum Gasteiger partial charge on any atom is 0.252 e. The number of hydrogen-bond acceptors (Lipinski definition) is 2. The van der Waals surface area contributed by atoms with Gasteiger partial charge in [0, 0.05) is 33.6 Å². The van der Waals surface area contributed by atoms with Crippen molar-refractivity contribution in [2.75, 3.05) is 9.80 Å². The van der Waals surface area contributed by atoms with E-state index in [1.54, 1.807) is 38.9 Å². The van der Waals surface area contributed by atoms with Crippen molar-refractivity contribution in [2.24, 2.45) is 0 Å². The number of rotatable bonds is 4. The topological polar surface area (TPSA) is 6.48 Å². The second kappa shape index (κ2) is 8.28. The van der Waals surface area contributed by atoms with Crippen LogP contribution in [-0.4, -0.2) is 17.8 Å². The summed E-state index contributed by atoms with van der Waals surface area (Å²) < 4.78 is 0. The molecule has 4 atom stereocenters. The predicted octanol–water partition coefficient (Wildman–Crippen LogP) is 8.18. The lowest BCUT2D eigenvalue weighted by Gasteiger charge is -2.57. The van der Waals surface area contributed by atoms with Crippen LogP contribution in [0.3, 0.4) is 0 Å². The SMILES string of the molecule is CCC12CCCCC1(CC)N1c3cccc4c3B(c3cccc2c31)c1cc(C)cc2c1N4C1(CC)CCCCC21CC. The number of benzene rings is 3. The Morgan fingerprint density at radius 1 is 0.619 bits per heavy atom. The number of para-hydroxylation sites is 1. The van der Waals surface area contributed by atoms with Crippen LogP contribution in [0, 0.1) is 6.92 Å². The minimum atomic E-state index is 0.165. The Kier molecular flexibility index (Phi) is 5.08. The van der Waals surface area contributed by atoms with Gasteiger partial charge in [-0.25, -0.2) is 0 Å². The van der Waals surface area contributed by atoms with Gasteiger partial charge in [0.15, 0.2) is 0 Å². The fourth-order valence-electron chi connectivity index (χ4n) is 12.7. The first-order chi connectivity index (χ1) is 20.5. The molecule has 0 amide bonds. The normalized spacial score (nSPS) is 32.7. The van der Waals surface area contributed by atoms with Gasteiger partial charge in [-0.15, -0.1) is 0 Å². The van der Waals surface area contributed by atoms with Gasteiger partial charge in [-0.1, -0.05) is 95.3 Å². The van der Waals surface area contributed by atoms with E-state index in [2.05, 4.69) is 92.9 Å². The van der Waals surface area contributed by atoms with Crippen LogP contribution in [0.1, 0.15) is 121 Å². The second-order valence-electron chi connectivity index (χ2n) is 14.9. The van der Waals surface area contributed by atoms with Crippen LogP contribution < -0.4 is 26.2 Å². The molecular formula is C39H47BN2. The van der Waals surface area contributed by atoms with Crippen molar-refractivity contribution in [1.29, 1.82) is 0 Å². The van der Waals surface area contributed by atoms with Crippen LogP contribution in [0.5, 0.6) is 0 Å². The molecule has 0 N–H and O–H groups in total. The van der Waals surface area contributed by atoms with E-state index in [4.69, 9.17) is 0 Å². The summed E-state index contributed by atoms with van der Waals surface area (Å²) in [5.74, 6) is 0. The summed E-state index contributed by atoms with van der Waals surface area (Å²) >= 11 is 0. The van der Waals surface area contributed by atoms with E-state index in [-0.39, 0.29) is 21.9 Å². The fourth-order valence-corrected chi connectivity index (χ4v) is 12.7. The van der Waals surface area contributed by atoms with E-state index < -0.39 is 0 Å². The van der Waals surface area contributed by atoms with Gasteiger partial charge in [0.05, 0.1) is 11.1 Å². The van der Waals surface area contributed by atoms with Gasteiger partial charge in [-0.3, -0.25) is 0 Å². The quantitative estimate of drug-likeness (QED) is 0.300. The molecule has 3 aromatic rings. The fraction of sp³-hybridized carbons (Fsp3) is 0.538. The third-order valence-electron chi connectivity index (χ3n) is 14.2. The molecule has 42 heavy (non-hydrogen) atoms. The molecule has 0 spiro atoms. The van der Waals surface area contributed by atoms with Crippen molar-refractivity contribution in [3.8, 4) is 0 Å². The molecule has 4 unspecified atom stereocenters. The van der Waals surface area contributed by atoms with Crippen molar-refractivity contribution in [3.63, 3.8) is 0 Å². The molecule has 2 saturated carbocycles. The first-order valence-corrected chi connectivity index (χ1v) is 17.5. The molecule has 6 aliphatic rings. The standard InChI is InChI=1S/C39H47BN2/c1-6-36-20-10-12-22-38(36,8-3)41-31-18-15-19-32-33(31)40(29-17-14-16-27(36)34(29)41)30-25-26(5)24-28-35(30)42(32)39(9-4)23-13-11-21-37(28,39)7-2/h14-19,24-25H,6-13,20-23H2,1-5H3. The molecule has 4 heterocycles. The van der Waals surface area contributed by atoms with Gasteiger partial charge in [0.2, 0.25) is 0 Å². The Morgan fingerprint density at radius 3 is 1.76 bits per heavy atom. The number of fused-ring (bicyclic) bond motifs is 10. The second-order valence-corrected chi connectivity index (χ2v) is 14.9. The van der Waals surface area contributed by atoms with E-state index >= 15 is 0 Å². The van der Waals surface area contributed by atoms with Crippen molar-refractivity contribution in [1.82, 2.24) is 0 Å². The lowest BCUT2D eigenvalue weighted by Crippen LogP contribution is -2.67. The molecule has 4 aliphatic heterocycles. The molecule has 216 valence electrons. The Hall–Kier alpha value is -2.68. The summed E-state index contributed by atoms with van der Waals surface area (Å²) in [6.45, 7) is 12.7. The largest absolute Gasteiger partial charge is 0.335 e. The van der Waals surface area contributed by atoms with E-state index in [1.165, 1.54) is 94.0 Å². The van der Waals surface area contributed by atoms with E-state index in [9.17, 15) is 0 Å². The molecule has 0 bridgehead atoms. The van der Waals surface area contributed by atoms with Crippen LogP contribution in [0.15, 0.2) is 48.5 Å². The van der Waals surface area contributed by atoms with Gasteiger partial charge in [0.25, 0.3) is 6.71 Å². The predicted molar refractivity (Wildman–Crippen MR) is 180 cm³/mol. The highest BCUT2D eigenvalue weighted by atomic mass is 15.3. The molecule has 0 saturated heterocycles. The Bertz CT molecular complexity index is 1640. The number of hydrogen-bond donors (Lipinski definition) is 0. The van der Waals surface area contributed by atoms with Crippen LogP contribution in [0.25, 0.3) is 0 Å². The van der Waals surface area contributed by atoms with Gasteiger partial charge in [0.1, 0.15) is 0 Å². The minimum absolute atomic E-state index is 0.165. The van der Waals surface area contributed by atoms with Gasteiger partial charge < -0.3 is 9.80 Å². The Labute approximate surface area is 254 Å². The Balaban J connectivity index is 1.43. The van der Waals surface area contributed by atoms with Crippen LogP contribution in [-0.2, 0) is 10.8 Å². The first-order valence-electron chi connectivity index (χ1n) is 17.5. The lowest BCUT2D eigenvalue weighted by atomic mass is 9.33. The Morgan fingerprint density at radius 2 is 1.17 bits per heavy atom. The third kappa shape index (κ3) is 2.47. The summed E-state index contributed by atoms with van der Waals surface area (Å²) in [4.78, 5) is 5.92. The van der Waals surface area contributed by atoms with Crippen molar-refractivity contribution in [2.45, 2.75) is 134 Å². The molecule has 2 nitrogen and oxygen atoms in total. The third-order valence-corrected chi connectivity index (χ3v) is 14.2. The number of nitrogens with zero attached hydrogens (tertiary/aromatic N) is 2. The monoisotopic (exact) mass is 554 g/mol. The van der Waals surface area contributed by atoms with Gasteiger partial charge >= 0.3 is 0 Å². The summed E-state index contributed by atoms with van der Waals surface area (Å²) in [5.41, 5.74) is 16.6. The van der Waals surface area contributed by atoms with Gasteiger partial charge in [-0.2, -0.15) is 0 Å². The highest BCUT2D eigenvalue weighted by Gasteiger charge is 2.67. The summed E-state index contributed by atoms with van der Waals surface area (Å²) in [6, 6.07) is 20.2. The zero-order chi connectivity index (χ0) is 28.6. The average molecular weight is 555 g/mol. The van der Waals surface area contributed by atoms with Crippen molar-refractivity contribution < 1.29 is 0 Å². The maximum absolute atomic E-state index is 2.96. The van der Waals surface area contributed by atoms with Crippen LogP contribution in [0.4, 0.5) is 22.7 Å². The summed E-state index contributed by atoms with van der Waals surface area (Å²) in [7, 11) is 0. The van der Waals surface area contributed by atoms with Crippen LogP contribution in [0.2, 0.25) is 0 Å². The average Bonchev–Trinajstić information content (AvgIpc) is 3.45. The smallest absolute Gasteiger partial charge is 0.252 e.